The molecular formula is C9H21NO3S. The predicted molar refractivity (Wildman–Crippen MR) is 57.5 cm³/mol. The second kappa shape index (κ2) is 6.37. The first-order valence-corrected chi connectivity index (χ1v) is 6.72. The van der Waals surface area contributed by atoms with Gasteiger partial charge in [-0.3, -0.25) is 0 Å². The van der Waals surface area contributed by atoms with Crippen molar-refractivity contribution in [3.63, 3.8) is 0 Å². The molecule has 14 heavy (non-hydrogen) atoms. The maximum atomic E-state index is 10.8. The van der Waals surface area contributed by atoms with Crippen LogP contribution < -0.4 is 5.14 Å². The topological polar surface area (TPSA) is 69.4 Å². The van der Waals surface area contributed by atoms with Crippen molar-refractivity contribution in [1.29, 1.82) is 0 Å². The van der Waals surface area contributed by atoms with E-state index in [4.69, 9.17) is 9.88 Å². The van der Waals surface area contributed by atoms with Crippen LogP contribution in [0.15, 0.2) is 0 Å². The second-order valence-corrected chi connectivity index (χ2v) is 5.32. The van der Waals surface area contributed by atoms with Crippen molar-refractivity contribution in [2.75, 3.05) is 12.4 Å². The summed E-state index contributed by atoms with van der Waals surface area (Å²) in [6.45, 7) is 6.42. The molecule has 0 spiro atoms. The van der Waals surface area contributed by atoms with Gasteiger partial charge >= 0.3 is 0 Å². The van der Waals surface area contributed by atoms with Crippen LogP contribution in [0, 0.1) is 5.92 Å². The van der Waals surface area contributed by atoms with E-state index < -0.39 is 10.0 Å². The molecule has 0 rings (SSSR count). The Hall–Kier alpha value is -0.130. The molecule has 2 unspecified atom stereocenters. The molecule has 2 N–H and O–H groups in total. The molecule has 0 aromatic rings. The lowest BCUT2D eigenvalue weighted by Gasteiger charge is -2.17. The summed E-state index contributed by atoms with van der Waals surface area (Å²) in [7, 11) is -3.37. The van der Waals surface area contributed by atoms with Gasteiger partial charge in [-0.25, -0.2) is 13.6 Å². The third-order valence-corrected chi connectivity index (χ3v) is 3.17. The van der Waals surface area contributed by atoms with E-state index in [1.165, 1.54) is 0 Å². The summed E-state index contributed by atoms with van der Waals surface area (Å²) in [6, 6.07) is 0. The van der Waals surface area contributed by atoms with E-state index in [0.717, 1.165) is 12.8 Å². The lowest BCUT2D eigenvalue weighted by atomic mass is 10.1. The molecule has 0 amide bonds. The molecule has 86 valence electrons. The van der Waals surface area contributed by atoms with E-state index in [0.29, 0.717) is 6.61 Å². The molecule has 4 nitrogen and oxygen atoms in total. The molecule has 0 aromatic carbocycles. The van der Waals surface area contributed by atoms with E-state index in [9.17, 15) is 8.42 Å². The molecule has 0 heterocycles. The van der Waals surface area contributed by atoms with Gasteiger partial charge in [-0.15, -0.1) is 0 Å². The predicted octanol–water partition coefficient (Wildman–Crippen LogP) is 1.12. The molecule has 0 radical (unpaired) electrons. The van der Waals surface area contributed by atoms with Gasteiger partial charge in [-0.2, -0.15) is 0 Å². The fourth-order valence-electron chi connectivity index (χ4n) is 1.03. The average Bonchev–Trinajstić information content (AvgIpc) is 2.09. The van der Waals surface area contributed by atoms with Crippen LogP contribution in [-0.2, 0) is 14.8 Å². The van der Waals surface area contributed by atoms with Crippen molar-refractivity contribution in [3.8, 4) is 0 Å². The average molecular weight is 223 g/mol. The van der Waals surface area contributed by atoms with Gasteiger partial charge < -0.3 is 4.74 Å². The molecule has 0 aliphatic carbocycles. The number of rotatable bonds is 7. The van der Waals surface area contributed by atoms with E-state index in [1.54, 1.807) is 0 Å². The van der Waals surface area contributed by atoms with E-state index >= 15 is 0 Å². The van der Waals surface area contributed by atoms with Gasteiger partial charge in [0, 0.05) is 0 Å². The molecule has 0 bridgehead atoms. The molecule has 0 saturated carbocycles. The van der Waals surface area contributed by atoms with Crippen LogP contribution in [0.2, 0.25) is 0 Å². The van der Waals surface area contributed by atoms with Crippen LogP contribution in [0.3, 0.4) is 0 Å². The summed E-state index contributed by atoms with van der Waals surface area (Å²) in [6.07, 6.45) is 1.89. The van der Waals surface area contributed by atoms with Crippen molar-refractivity contribution >= 4 is 10.0 Å². The summed E-state index contributed by atoms with van der Waals surface area (Å²) in [5, 5.41) is 4.97. The molecule has 0 fully saturated rings. The Bertz CT molecular complexity index is 238. The largest absolute Gasteiger partial charge is 0.378 e. The summed E-state index contributed by atoms with van der Waals surface area (Å²) in [4.78, 5) is 0. The number of ether oxygens (including phenoxy) is 1. The fourth-order valence-corrected chi connectivity index (χ4v) is 2.02. The highest BCUT2D eigenvalue weighted by Crippen LogP contribution is 2.08. The monoisotopic (exact) mass is 223 g/mol. The van der Waals surface area contributed by atoms with Crippen molar-refractivity contribution in [1.82, 2.24) is 0 Å². The highest BCUT2D eigenvalue weighted by Gasteiger charge is 2.15. The van der Waals surface area contributed by atoms with Crippen molar-refractivity contribution in [3.05, 3.63) is 0 Å². The summed E-state index contributed by atoms with van der Waals surface area (Å²) < 4.78 is 27.1. The Kier molecular flexibility index (Phi) is 6.31. The Balaban J connectivity index is 3.92. The van der Waals surface area contributed by atoms with Crippen LogP contribution >= 0.6 is 0 Å². The van der Waals surface area contributed by atoms with Crippen molar-refractivity contribution in [2.45, 2.75) is 39.7 Å². The quantitative estimate of drug-likeness (QED) is 0.703. The Morgan fingerprint density at radius 3 is 2.21 bits per heavy atom. The highest BCUT2D eigenvalue weighted by molar-refractivity contribution is 7.89. The normalized spacial score (nSPS) is 16.6. The molecule has 2 atom stereocenters. The van der Waals surface area contributed by atoms with E-state index in [2.05, 4.69) is 0 Å². The molecule has 5 heteroatoms. The maximum Gasteiger partial charge on any atom is 0.209 e. The van der Waals surface area contributed by atoms with Crippen LogP contribution in [-0.4, -0.2) is 26.9 Å². The van der Waals surface area contributed by atoms with Gasteiger partial charge in [0.15, 0.2) is 0 Å². The van der Waals surface area contributed by atoms with Crippen LogP contribution in [0.5, 0.6) is 0 Å². The van der Waals surface area contributed by atoms with Crippen LogP contribution in [0.1, 0.15) is 33.6 Å². The zero-order valence-electron chi connectivity index (χ0n) is 9.19. The van der Waals surface area contributed by atoms with Gasteiger partial charge in [0.2, 0.25) is 10.0 Å². The first kappa shape index (κ1) is 13.9. The number of primary sulfonamides is 1. The first-order chi connectivity index (χ1) is 6.39. The minimum atomic E-state index is -3.37. The smallest absolute Gasteiger partial charge is 0.209 e. The van der Waals surface area contributed by atoms with Gasteiger partial charge in [-0.05, 0) is 19.3 Å². The van der Waals surface area contributed by atoms with Crippen molar-refractivity contribution < 1.29 is 13.2 Å². The molecule has 0 aromatic heterocycles. The van der Waals surface area contributed by atoms with Gasteiger partial charge in [0.25, 0.3) is 0 Å². The first-order valence-electron chi connectivity index (χ1n) is 5.01. The Morgan fingerprint density at radius 2 is 1.86 bits per heavy atom. The van der Waals surface area contributed by atoms with E-state index in [1.807, 2.05) is 20.8 Å². The minimum absolute atomic E-state index is 0.0130. The lowest BCUT2D eigenvalue weighted by molar-refractivity contribution is 0.0418. The number of hydrogen-bond acceptors (Lipinski definition) is 3. The van der Waals surface area contributed by atoms with Crippen LogP contribution in [0.4, 0.5) is 0 Å². The summed E-state index contributed by atoms with van der Waals surface area (Å²) in [5.74, 6) is 0.0268. The Morgan fingerprint density at radius 1 is 1.29 bits per heavy atom. The highest BCUT2D eigenvalue weighted by atomic mass is 32.2. The third kappa shape index (κ3) is 7.29. The minimum Gasteiger partial charge on any atom is -0.378 e. The number of hydrogen-bond donors (Lipinski definition) is 1. The third-order valence-electron chi connectivity index (χ3n) is 2.24. The lowest BCUT2D eigenvalue weighted by Crippen LogP contribution is -2.26. The number of nitrogens with two attached hydrogens (primary N) is 1. The zero-order valence-corrected chi connectivity index (χ0v) is 10.0. The fraction of sp³-hybridized carbons (Fsp3) is 1.00. The van der Waals surface area contributed by atoms with Crippen LogP contribution in [0.25, 0.3) is 0 Å². The molecule has 0 aliphatic rings. The van der Waals surface area contributed by atoms with Crippen molar-refractivity contribution in [2.24, 2.45) is 11.1 Å². The van der Waals surface area contributed by atoms with Gasteiger partial charge in [0.1, 0.15) is 0 Å². The maximum absolute atomic E-state index is 10.8. The zero-order chi connectivity index (χ0) is 11.2. The SMILES string of the molecule is CCC(COC(C)CC)CS(N)(=O)=O. The summed E-state index contributed by atoms with van der Waals surface area (Å²) >= 11 is 0. The summed E-state index contributed by atoms with van der Waals surface area (Å²) in [5.41, 5.74) is 0. The van der Waals surface area contributed by atoms with Gasteiger partial charge in [-0.1, -0.05) is 20.3 Å². The molecule has 0 saturated heterocycles. The number of sulfonamides is 1. The standard InChI is InChI=1S/C9H21NO3S/c1-4-8(3)13-6-9(5-2)7-14(10,11)12/h8-9H,4-7H2,1-3H3,(H2,10,11,12). The molecule has 0 aliphatic heterocycles. The van der Waals surface area contributed by atoms with Gasteiger partial charge in [0.05, 0.1) is 18.5 Å². The second-order valence-electron chi connectivity index (χ2n) is 3.66. The molecular weight excluding hydrogens is 202 g/mol. The Labute approximate surface area is 86.9 Å². The van der Waals surface area contributed by atoms with E-state index in [-0.39, 0.29) is 17.8 Å².